The van der Waals surface area contributed by atoms with E-state index in [2.05, 4.69) is 10.2 Å². The van der Waals surface area contributed by atoms with E-state index in [0.717, 1.165) is 25.7 Å². The van der Waals surface area contributed by atoms with Gasteiger partial charge < -0.3 is 4.74 Å². The third kappa shape index (κ3) is 2.19. The van der Waals surface area contributed by atoms with E-state index in [1.54, 1.807) is 11.2 Å². The summed E-state index contributed by atoms with van der Waals surface area (Å²) in [7, 11) is -3.46. The molecular weight excluding hydrogens is 266 g/mol. The number of hydrogen-bond donors (Lipinski definition) is 1. The lowest BCUT2D eigenvalue weighted by atomic mass is 9.91. The van der Waals surface area contributed by atoms with E-state index in [0.29, 0.717) is 23.7 Å². The van der Waals surface area contributed by atoms with Gasteiger partial charge in [0.2, 0.25) is 10.0 Å². The highest BCUT2D eigenvalue weighted by Crippen LogP contribution is 2.32. The summed E-state index contributed by atoms with van der Waals surface area (Å²) >= 11 is 0. The molecule has 1 aliphatic carbocycles. The van der Waals surface area contributed by atoms with Crippen LogP contribution in [0.2, 0.25) is 0 Å². The number of hydrogen-bond acceptors (Lipinski definition) is 4. The Bertz CT molecular complexity index is 552. The zero-order valence-corrected chi connectivity index (χ0v) is 11.8. The van der Waals surface area contributed by atoms with Gasteiger partial charge in [-0.1, -0.05) is 12.8 Å². The smallest absolute Gasteiger partial charge is 0.246 e. The Kier molecular flexibility index (Phi) is 3.36. The van der Waals surface area contributed by atoms with Crippen LogP contribution in [-0.4, -0.2) is 48.2 Å². The number of H-pyrrole nitrogens is 1. The number of aromatic amines is 1. The third-order valence-corrected chi connectivity index (χ3v) is 6.09. The molecule has 1 aliphatic heterocycles. The van der Waals surface area contributed by atoms with Crippen molar-refractivity contribution in [3.05, 3.63) is 11.9 Å². The van der Waals surface area contributed by atoms with E-state index in [4.69, 9.17) is 4.74 Å². The van der Waals surface area contributed by atoms with Crippen molar-refractivity contribution in [2.75, 3.05) is 13.2 Å². The lowest BCUT2D eigenvalue weighted by Crippen LogP contribution is -2.54. The summed E-state index contributed by atoms with van der Waals surface area (Å²) in [4.78, 5) is 0.290. The Hall–Kier alpha value is -0.920. The van der Waals surface area contributed by atoms with Gasteiger partial charge in [-0.15, -0.1) is 0 Å². The first kappa shape index (κ1) is 13.1. The minimum Gasteiger partial charge on any atom is -0.375 e. The molecule has 1 saturated heterocycles. The molecule has 1 aromatic heterocycles. The molecule has 0 spiro atoms. The van der Waals surface area contributed by atoms with E-state index in [-0.39, 0.29) is 12.1 Å². The Balaban J connectivity index is 1.94. The van der Waals surface area contributed by atoms with Crippen molar-refractivity contribution >= 4 is 10.0 Å². The molecule has 1 saturated carbocycles. The number of sulfonamides is 1. The lowest BCUT2D eigenvalue weighted by molar-refractivity contribution is -0.0586. The first-order chi connectivity index (χ1) is 9.10. The van der Waals surface area contributed by atoms with Gasteiger partial charge in [0.1, 0.15) is 4.90 Å². The Labute approximate surface area is 113 Å². The van der Waals surface area contributed by atoms with Crippen molar-refractivity contribution in [2.45, 2.75) is 49.6 Å². The first-order valence-corrected chi connectivity index (χ1v) is 8.18. The summed E-state index contributed by atoms with van der Waals surface area (Å²) in [5, 5.41) is 6.52. The molecule has 7 heteroatoms. The van der Waals surface area contributed by atoms with Gasteiger partial charge in [0.05, 0.1) is 30.6 Å². The van der Waals surface area contributed by atoms with Crippen molar-refractivity contribution in [2.24, 2.45) is 0 Å². The zero-order valence-electron chi connectivity index (χ0n) is 11.0. The molecule has 3 rings (SSSR count). The fourth-order valence-electron chi connectivity index (χ4n) is 3.09. The molecule has 2 fully saturated rings. The second-order valence-electron chi connectivity index (χ2n) is 5.24. The molecule has 1 aromatic rings. The molecule has 0 radical (unpaired) electrons. The van der Waals surface area contributed by atoms with Crippen LogP contribution >= 0.6 is 0 Å². The van der Waals surface area contributed by atoms with Gasteiger partial charge in [-0.3, -0.25) is 5.10 Å². The molecule has 2 heterocycles. The number of fused-ring (bicyclic) bond motifs is 1. The number of rotatable bonds is 2. The predicted molar refractivity (Wildman–Crippen MR) is 69.2 cm³/mol. The second-order valence-corrected chi connectivity index (χ2v) is 7.10. The lowest BCUT2D eigenvalue weighted by Gasteiger charge is -2.42. The predicted octanol–water partition coefficient (Wildman–Crippen LogP) is 1.05. The second kappa shape index (κ2) is 4.88. The van der Waals surface area contributed by atoms with Crippen molar-refractivity contribution < 1.29 is 13.2 Å². The van der Waals surface area contributed by atoms with E-state index < -0.39 is 10.0 Å². The standard InChI is InChI=1S/C12H19N3O3S/c1-9-12(8-13-14-9)19(16,17)15-6-7-18-11-5-3-2-4-10(11)15/h8,10-11H,2-7H2,1H3,(H,13,14). The fourth-order valence-corrected chi connectivity index (χ4v) is 4.87. The molecule has 1 N–H and O–H groups in total. The minimum absolute atomic E-state index is 0.0122. The van der Waals surface area contributed by atoms with Crippen LogP contribution in [0.25, 0.3) is 0 Å². The van der Waals surface area contributed by atoms with Crippen molar-refractivity contribution in [1.82, 2.24) is 14.5 Å². The van der Waals surface area contributed by atoms with Crippen molar-refractivity contribution in [1.29, 1.82) is 0 Å². The first-order valence-electron chi connectivity index (χ1n) is 6.74. The maximum Gasteiger partial charge on any atom is 0.246 e. The molecule has 0 amide bonds. The Morgan fingerprint density at radius 3 is 2.95 bits per heavy atom. The van der Waals surface area contributed by atoms with Gasteiger partial charge in [-0.05, 0) is 19.8 Å². The fraction of sp³-hybridized carbons (Fsp3) is 0.750. The average molecular weight is 285 g/mol. The normalized spacial score (nSPS) is 29.1. The van der Waals surface area contributed by atoms with E-state index in [1.807, 2.05) is 0 Å². The highest BCUT2D eigenvalue weighted by molar-refractivity contribution is 7.89. The molecule has 0 aromatic carbocycles. The Morgan fingerprint density at radius 1 is 1.42 bits per heavy atom. The maximum atomic E-state index is 12.7. The summed E-state index contributed by atoms with van der Waals surface area (Å²) in [5.41, 5.74) is 0.596. The highest BCUT2D eigenvalue weighted by atomic mass is 32.2. The molecule has 6 nitrogen and oxygen atoms in total. The molecule has 19 heavy (non-hydrogen) atoms. The molecule has 2 atom stereocenters. The van der Waals surface area contributed by atoms with Crippen LogP contribution in [-0.2, 0) is 14.8 Å². The highest BCUT2D eigenvalue weighted by Gasteiger charge is 2.41. The number of nitrogens with zero attached hydrogens (tertiary/aromatic N) is 2. The monoisotopic (exact) mass is 285 g/mol. The van der Waals surface area contributed by atoms with Gasteiger partial charge in [0.15, 0.2) is 0 Å². The summed E-state index contributed by atoms with van der Waals surface area (Å²) in [6.45, 7) is 2.66. The van der Waals surface area contributed by atoms with E-state index in [1.165, 1.54) is 6.20 Å². The van der Waals surface area contributed by atoms with Crippen molar-refractivity contribution in [3.8, 4) is 0 Å². The SMILES string of the molecule is Cc1[nH]ncc1S(=O)(=O)N1CCOC2CCCCC21. The van der Waals surface area contributed by atoms with Crippen LogP contribution in [0.4, 0.5) is 0 Å². The van der Waals surface area contributed by atoms with Gasteiger partial charge in [0.25, 0.3) is 0 Å². The number of morpholine rings is 1. The molecule has 0 bridgehead atoms. The minimum atomic E-state index is -3.46. The van der Waals surface area contributed by atoms with Crippen LogP contribution < -0.4 is 0 Å². The molecular formula is C12H19N3O3S. The Morgan fingerprint density at radius 2 is 2.21 bits per heavy atom. The summed E-state index contributed by atoms with van der Waals surface area (Å²) in [6, 6.07) is -0.0122. The quantitative estimate of drug-likeness (QED) is 0.881. The molecule has 2 aliphatic rings. The molecule has 106 valence electrons. The third-order valence-electron chi connectivity index (χ3n) is 4.05. The average Bonchev–Trinajstić information content (AvgIpc) is 2.85. The summed E-state index contributed by atoms with van der Waals surface area (Å²) in [6.07, 6.45) is 5.50. The van der Waals surface area contributed by atoms with Crippen LogP contribution in [0.3, 0.4) is 0 Å². The van der Waals surface area contributed by atoms with Gasteiger partial charge in [-0.25, -0.2) is 8.42 Å². The van der Waals surface area contributed by atoms with Crippen molar-refractivity contribution in [3.63, 3.8) is 0 Å². The van der Waals surface area contributed by atoms with Crippen LogP contribution in [0.15, 0.2) is 11.1 Å². The largest absolute Gasteiger partial charge is 0.375 e. The van der Waals surface area contributed by atoms with E-state index >= 15 is 0 Å². The van der Waals surface area contributed by atoms with Gasteiger partial charge in [0, 0.05) is 6.54 Å². The van der Waals surface area contributed by atoms with Crippen LogP contribution in [0, 0.1) is 6.92 Å². The number of aryl methyl sites for hydroxylation is 1. The number of aromatic nitrogens is 2. The van der Waals surface area contributed by atoms with Crippen LogP contribution in [0.5, 0.6) is 0 Å². The van der Waals surface area contributed by atoms with E-state index in [9.17, 15) is 8.42 Å². The van der Waals surface area contributed by atoms with Gasteiger partial charge >= 0.3 is 0 Å². The zero-order chi connectivity index (χ0) is 13.5. The summed E-state index contributed by atoms with van der Waals surface area (Å²) < 4.78 is 32.8. The van der Waals surface area contributed by atoms with Gasteiger partial charge in [-0.2, -0.15) is 9.40 Å². The summed E-state index contributed by atoms with van der Waals surface area (Å²) in [5.74, 6) is 0. The number of ether oxygens (including phenoxy) is 1. The number of nitrogens with one attached hydrogen (secondary N) is 1. The van der Waals surface area contributed by atoms with Crippen LogP contribution in [0.1, 0.15) is 31.4 Å². The topological polar surface area (TPSA) is 75.3 Å². The molecule has 2 unspecified atom stereocenters. The maximum absolute atomic E-state index is 12.7.